The third-order valence-electron chi connectivity index (χ3n) is 11.3. The summed E-state index contributed by atoms with van der Waals surface area (Å²) in [6.07, 6.45) is 1.63. The first-order chi connectivity index (χ1) is 25.9. The van der Waals surface area contributed by atoms with E-state index in [0.29, 0.717) is 17.4 Å². The van der Waals surface area contributed by atoms with Crippen molar-refractivity contribution >= 4 is 27.7 Å². The van der Waals surface area contributed by atoms with Crippen LogP contribution in [-0.4, -0.2) is 15.4 Å². The van der Waals surface area contributed by atoms with E-state index in [1.807, 2.05) is 36.5 Å². The number of benzene rings is 5. The van der Waals surface area contributed by atoms with Gasteiger partial charge in [-0.3, -0.25) is 4.99 Å². The molecule has 0 amide bonds. The van der Waals surface area contributed by atoms with E-state index in [1.165, 1.54) is 27.6 Å². The molecule has 0 N–H and O–H groups in total. The molecule has 0 saturated carbocycles. The van der Waals surface area contributed by atoms with Gasteiger partial charge in [0.15, 0.2) is 0 Å². The van der Waals surface area contributed by atoms with Crippen LogP contribution in [0, 0.1) is 19.1 Å². The summed E-state index contributed by atoms with van der Waals surface area (Å²) >= 11 is 0. The summed E-state index contributed by atoms with van der Waals surface area (Å²) in [5.41, 5.74) is 10.8. The smallest absolute Gasteiger partial charge is 0.510 e. The van der Waals surface area contributed by atoms with Crippen LogP contribution in [-0.2, 0) is 36.6 Å². The maximum atomic E-state index is 6.83. The Balaban J connectivity index is 0.00000427. The van der Waals surface area contributed by atoms with Crippen LogP contribution in [0.1, 0.15) is 111 Å². The molecule has 2 atom stereocenters. The van der Waals surface area contributed by atoms with E-state index in [9.17, 15) is 0 Å². The average molecular weight is 903 g/mol. The van der Waals surface area contributed by atoms with Gasteiger partial charge in [0.05, 0.1) is 0 Å². The van der Waals surface area contributed by atoms with Crippen LogP contribution in [0.3, 0.4) is 0 Å². The van der Waals surface area contributed by atoms with Gasteiger partial charge in [0, 0.05) is 34.2 Å². The SMILES string of the molecule is Cc1cc2c3cc(C(C)(C)C)cc4c3n(c2[c-]c1Oc1[c-]c(C2=N[C@H](c3ccccc3)[C@@H](c3ccccc3)O2)cc(C(C)C)c1)-c1ncccc1C4(C)C.[Pt+2]. The Morgan fingerprint density at radius 1 is 0.818 bits per heavy atom. The fraction of sp³-hybridized carbons (Fsp3) is 0.265. The van der Waals surface area contributed by atoms with Crippen molar-refractivity contribution in [2.75, 3.05) is 0 Å². The van der Waals surface area contributed by atoms with E-state index in [2.05, 4.69) is 145 Å². The number of aliphatic imine (C=N–C) groups is 1. The van der Waals surface area contributed by atoms with Gasteiger partial charge in [0.25, 0.3) is 0 Å². The van der Waals surface area contributed by atoms with Crippen molar-refractivity contribution in [1.82, 2.24) is 9.55 Å². The van der Waals surface area contributed by atoms with E-state index in [-0.39, 0.29) is 50.0 Å². The Hall–Kier alpha value is -4.99. The molecule has 2 aliphatic heterocycles. The molecule has 0 bridgehead atoms. The standard InChI is InChI=1S/C49H45N3O2.Pt/c1-29(2)33-23-34(47-51-43(31-16-11-9-12-17-31)45(54-47)32-18-13-10-14-19-32)25-36(24-33)53-42-28-41-37(22-30(42)3)38-26-35(48(4,5)6)27-40-44(38)52(41)46-39(49(40,7)8)20-15-21-50-46;/h9-24,26-27,29,43,45H,1-8H3;/q-2;+2/t43-,45-;/m1./s1. The van der Waals surface area contributed by atoms with Crippen LogP contribution in [0.15, 0.2) is 114 Å². The largest absolute Gasteiger partial charge is 2.00 e. The van der Waals surface area contributed by atoms with Gasteiger partial charge in [-0.25, -0.2) is 4.98 Å². The molecule has 2 aromatic heterocycles. The Kier molecular flexibility index (Phi) is 9.16. The molecule has 0 aliphatic carbocycles. The third-order valence-corrected chi connectivity index (χ3v) is 11.3. The van der Waals surface area contributed by atoms with Gasteiger partial charge >= 0.3 is 21.1 Å². The molecule has 5 nitrogen and oxygen atoms in total. The third kappa shape index (κ3) is 6.21. The summed E-state index contributed by atoms with van der Waals surface area (Å²) in [4.78, 5) is 10.2. The van der Waals surface area contributed by atoms with Crippen LogP contribution in [0.25, 0.3) is 27.6 Å². The number of ether oxygens (including phenoxy) is 2. The molecule has 0 unspecified atom stereocenters. The second-order valence-electron chi connectivity index (χ2n) is 16.7. The number of fused-ring (bicyclic) bond motifs is 5. The van der Waals surface area contributed by atoms with Crippen LogP contribution in [0.5, 0.6) is 11.5 Å². The van der Waals surface area contributed by atoms with Gasteiger partial charge in [-0.2, -0.15) is 6.07 Å². The number of aryl methyl sites for hydroxylation is 1. The predicted octanol–water partition coefficient (Wildman–Crippen LogP) is 12.2. The summed E-state index contributed by atoms with van der Waals surface area (Å²) in [5, 5.41) is 2.36. The number of hydrogen-bond acceptors (Lipinski definition) is 4. The van der Waals surface area contributed by atoms with Gasteiger partial charge < -0.3 is 14.0 Å². The van der Waals surface area contributed by atoms with Crippen LogP contribution in [0.2, 0.25) is 0 Å². The maximum absolute atomic E-state index is 6.83. The minimum Gasteiger partial charge on any atom is -0.510 e. The second-order valence-corrected chi connectivity index (χ2v) is 16.7. The van der Waals surface area contributed by atoms with Crippen molar-refractivity contribution in [3.8, 4) is 17.3 Å². The Morgan fingerprint density at radius 3 is 2.22 bits per heavy atom. The van der Waals surface area contributed by atoms with Gasteiger partial charge in [-0.1, -0.05) is 157 Å². The van der Waals surface area contributed by atoms with Crippen LogP contribution in [0.4, 0.5) is 0 Å². The van der Waals surface area contributed by atoms with Gasteiger partial charge in [0.2, 0.25) is 0 Å². The first-order valence-corrected chi connectivity index (χ1v) is 19.0. The summed E-state index contributed by atoms with van der Waals surface area (Å²) in [7, 11) is 0. The number of hydrogen-bond donors (Lipinski definition) is 0. The Bertz CT molecular complexity index is 2620. The average Bonchev–Trinajstić information content (AvgIpc) is 3.75. The fourth-order valence-corrected chi connectivity index (χ4v) is 8.15. The van der Waals surface area contributed by atoms with Gasteiger partial charge in [-0.15, -0.1) is 28.6 Å². The molecular weight excluding hydrogens is 858 g/mol. The van der Waals surface area contributed by atoms with Gasteiger partial charge in [0.1, 0.15) is 23.9 Å². The predicted molar refractivity (Wildman–Crippen MR) is 218 cm³/mol. The summed E-state index contributed by atoms with van der Waals surface area (Å²) in [6.45, 7) is 18.0. The molecule has 0 saturated heterocycles. The van der Waals surface area contributed by atoms with Crippen molar-refractivity contribution in [2.24, 2.45) is 4.99 Å². The normalized spacial score (nSPS) is 17.1. The minimum atomic E-state index is -0.257. The van der Waals surface area contributed by atoms with E-state index in [4.69, 9.17) is 19.5 Å². The Morgan fingerprint density at radius 2 is 1.53 bits per heavy atom. The molecule has 0 fully saturated rings. The first kappa shape index (κ1) is 37.0. The number of pyridine rings is 1. The summed E-state index contributed by atoms with van der Waals surface area (Å²) in [6, 6.07) is 43.4. The van der Waals surface area contributed by atoms with Crippen molar-refractivity contribution in [1.29, 1.82) is 0 Å². The molecule has 278 valence electrons. The number of aromatic nitrogens is 2. The molecule has 4 heterocycles. The van der Waals surface area contributed by atoms with Crippen LogP contribution < -0.4 is 4.74 Å². The fourth-order valence-electron chi connectivity index (χ4n) is 8.15. The zero-order valence-corrected chi connectivity index (χ0v) is 34.9. The first-order valence-electron chi connectivity index (χ1n) is 19.0. The maximum Gasteiger partial charge on any atom is 2.00 e. The molecule has 2 aliphatic rings. The molecule has 5 aromatic carbocycles. The molecule has 6 heteroatoms. The molecule has 55 heavy (non-hydrogen) atoms. The summed E-state index contributed by atoms with van der Waals surface area (Å²) in [5.74, 6) is 3.01. The van der Waals surface area contributed by atoms with Crippen molar-refractivity contribution in [3.63, 3.8) is 0 Å². The second kappa shape index (κ2) is 13.6. The molecule has 0 spiro atoms. The van der Waals surface area contributed by atoms with Crippen LogP contribution >= 0.6 is 0 Å². The van der Waals surface area contributed by atoms with Crippen molar-refractivity contribution in [3.05, 3.63) is 166 Å². The number of rotatable bonds is 6. The minimum absolute atomic E-state index is 0. The molecule has 7 aromatic rings. The molecule has 9 rings (SSSR count). The summed E-state index contributed by atoms with van der Waals surface area (Å²) < 4.78 is 15.9. The Labute approximate surface area is 338 Å². The quantitative estimate of drug-likeness (QED) is 0.156. The number of nitrogens with zero attached hydrogens (tertiary/aromatic N) is 3. The van der Waals surface area contributed by atoms with Crippen molar-refractivity contribution in [2.45, 2.75) is 84.3 Å². The van der Waals surface area contributed by atoms with Gasteiger partial charge in [-0.05, 0) is 45.0 Å². The molecular formula is C49H45N3O2Pt. The van der Waals surface area contributed by atoms with E-state index in [1.54, 1.807) is 0 Å². The molecule has 0 radical (unpaired) electrons. The zero-order valence-electron chi connectivity index (χ0n) is 32.6. The monoisotopic (exact) mass is 902 g/mol. The van der Waals surface area contributed by atoms with E-state index >= 15 is 0 Å². The topological polar surface area (TPSA) is 48.6 Å². The van der Waals surface area contributed by atoms with E-state index < -0.39 is 0 Å². The van der Waals surface area contributed by atoms with Crippen molar-refractivity contribution < 1.29 is 30.5 Å². The zero-order chi connectivity index (χ0) is 37.5. The van der Waals surface area contributed by atoms with E-state index in [0.717, 1.165) is 44.5 Å².